The lowest BCUT2D eigenvalue weighted by atomic mass is 10.0. The van der Waals surface area contributed by atoms with Crippen LogP contribution in [0.1, 0.15) is 39.3 Å². The Morgan fingerprint density at radius 2 is 1.75 bits per heavy atom. The third-order valence-corrected chi connectivity index (χ3v) is 5.78. The highest BCUT2D eigenvalue weighted by Gasteiger charge is 2.34. The zero-order valence-electron chi connectivity index (χ0n) is 14.7. The fourth-order valence-corrected chi connectivity index (χ4v) is 3.76. The molecule has 2 atom stereocenters. The van der Waals surface area contributed by atoms with Crippen LogP contribution in [0.3, 0.4) is 0 Å². The molecule has 0 saturated heterocycles. The third kappa shape index (κ3) is 3.48. The van der Waals surface area contributed by atoms with Crippen LogP contribution in [-0.4, -0.2) is 32.7 Å². The first kappa shape index (κ1) is 18.9. The molecule has 1 aromatic heterocycles. The lowest BCUT2D eigenvalue weighted by molar-refractivity contribution is 0.381. The molecule has 1 heterocycles. The molecular formula is C17H22F2N2O2S. The van der Waals surface area contributed by atoms with Gasteiger partial charge in [0.2, 0.25) is 5.88 Å². The average molecular weight is 356 g/mol. The van der Waals surface area contributed by atoms with Crippen molar-refractivity contribution in [3.8, 4) is 5.88 Å². The van der Waals surface area contributed by atoms with Crippen LogP contribution in [0.4, 0.5) is 8.78 Å². The van der Waals surface area contributed by atoms with Crippen LogP contribution in [0, 0.1) is 11.6 Å². The maximum atomic E-state index is 13.8. The first-order valence-corrected chi connectivity index (χ1v) is 8.65. The van der Waals surface area contributed by atoms with Gasteiger partial charge in [0, 0.05) is 35.6 Å². The van der Waals surface area contributed by atoms with Gasteiger partial charge in [-0.1, -0.05) is 0 Å². The van der Waals surface area contributed by atoms with E-state index in [0.717, 1.165) is 12.1 Å². The molecule has 0 aliphatic carbocycles. The quantitative estimate of drug-likeness (QED) is 0.778. The normalized spacial score (nSPS) is 14.9. The van der Waals surface area contributed by atoms with Gasteiger partial charge in [-0.3, -0.25) is 0 Å². The second-order valence-electron chi connectivity index (χ2n) is 6.62. The summed E-state index contributed by atoms with van der Waals surface area (Å²) in [6.45, 7) is 7.50. The Bertz CT molecular complexity index is 749. The molecule has 0 aliphatic rings. The number of rotatable bonds is 4. The summed E-state index contributed by atoms with van der Waals surface area (Å²) in [5.74, 6) is -1.68. The highest BCUT2D eigenvalue weighted by atomic mass is 32.2. The number of fused-ring (bicyclic) bond motifs is 1. The monoisotopic (exact) mass is 356 g/mol. The molecule has 132 valence electrons. The third-order valence-electron chi connectivity index (χ3n) is 3.90. The molecule has 4 nitrogen and oxygen atoms in total. The van der Waals surface area contributed by atoms with Gasteiger partial charge in [-0.25, -0.2) is 13.8 Å². The Balaban J connectivity index is 2.58. The molecule has 0 N–H and O–H groups in total. The van der Waals surface area contributed by atoms with Crippen molar-refractivity contribution in [3.63, 3.8) is 0 Å². The van der Waals surface area contributed by atoms with E-state index < -0.39 is 27.7 Å². The van der Waals surface area contributed by atoms with Crippen molar-refractivity contribution in [3.05, 3.63) is 35.5 Å². The number of benzene rings is 1. The van der Waals surface area contributed by atoms with Gasteiger partial charge in [-0.15, -0.1) is 4.31 Å². The van der Waals surface area contributed by atoms with Gasteiger partial charge in [-0.2, -0.15) is 0 Å². The zero-order valence-corrected chi connectivity index (χ0v) is 15.5. The summed E-state index contributed by atoms with van der Waals surface area (Å²) >= 11 is -1.27. The molecule has 2 rings (SSSR count). The number of hydrogen-bond donors (Lipinski definition) is 0. The van der Waals surface area contributed by atoms with Crippen molar-refractivity contribution in [2.45, 2.75) is 38.5 Å². The minimum atomic E-state index is -1.27. The summed E-state index contributed by atoms with van der Waals surface area (Å²) in [5.41, 5.74) is 0.657. The molecular weight excluding hydrogens is 334 g/mol. The SMILES string of the molecule is COc1ncc([C@H](C)N(C)[S@@+]([O-])C(C)(C)C)c2cc(F)c(F)cc12. The van der Waals surface area contributed by atoms with E-state index in [1.165, 1.54) is 7.11 Å². The smallest absolute Gasteiger partial charge is 0.221 e. The predicted octanol–water partition coefficient (Wildman–Crippen LogP) is 3.98. The number of aromatic nitrogens is 1. The maximum absolute atomic E-state index is 13.8. The maximum Gasteiger partial charge on any atom is 0.221 e. The largest absolute Gasteiger partial charge is 0.597 e. The van der Waals surface area contributed by atoms with Crippen LogP contribution in [0.15, 0.2) is 18.3 Å². The van der Waals surface area contributed by atoms with E-state index in [0.29, 0.717) is 16.3 Å². The van der Waals surface area contributed by atoms with E-state index in [1.54, 1.807) is 17.5 Å². The first-order valence-electron chi connectivity index (χ1n) is 7.54. The van der Waals surface area contributed by atoms with Crippen LogP contribution in [0.5, 0.6) is 5.88 Å². The molecule has 1 aromatic carbocycles. The van der Waals surface area contributed by atoms with Crippen molar-refractivity contribution in [2.24, 2.45) is 0 Å². The zero-order chi connectivity index (χ0) is 18.2. The molecule has 24 heavy (non-hydrogen) atoms. The molecule has 0 fully saturated rings. The number of methoxy groups -OCH3 is 1. The Morgan fingerprint density at radius 3 is 2.25 bits per heavy atom. The van der Waals surface area contributed by atoms with Crippen molar-refractivity contribution < 1.29 is 18.1 Å². The minimum Gasteiger partial charge on any atom is -0.597 e. The van der Waals surface area contributed by atoms with Gasteiger partial charge >= 0.3 is 0 Å². The van der Waals surface area contributed by atoms with Crippen molar-refractivity contribution in [1.82, 2.24) is 9.29 Å². The predicted molar refractivity (Wildman–Crippen MR) is 92.3 cm³/mol. The second kappa shape index (κ2) is 6.82. The number of halogens is 2. The first-order chi connectivity index (χ1) is 11.1. The summed E-state index contributed by atoms with van der Waals surface area (Å²) in [6.07, 6.45) is 1.56. The Hall–Kier alpha value is -1.44. The van der Waals surface area contributed by atoms with Gasteiger partial charge in [0.15, 0.2) is 11.6 Å². The summed E-state index contributed by atoms with van der Waals surface area (Å²) in [6, 6.07) is 1.90. The lowest BCUT2D eigenvalue weighted by Gasteiger charge is -2.34. The van der Waals surface area contributed by atoms with E-state index in [2.05, 4.69) is 4.98 Å². The summed E-state index contributed by atoms with van der Waals surface area (Å²) in [7, 11) is 3.16. The van der Waals surface area contributed by atoms with Crippen molar-refractivity contribution in [2.75, 3.05) is 14.2 Å². The highest BCUT2D eigenvalue weighted by Crippen LogP contribution is 2.35. The summed E-state index contributed by atoms with van der Waals surface area (Å²) in [5, 5.41) is 0.877. The molecule has 0 aliphatic heterocycles. The highest BCUT2D eigenvalue weighted by molar-refractivity contribution is 7.90. The number of hydrogen-bond acceptors (Lipinski definition) is 4. The Labute approximate surface area is 144 Å². The van der Waals surface area contributed by atoms with Crippen LogP contribution < -0.4 is 4.74 Å². The molecule has 0 unspecified atom stereocenters. The van der Waals surface area contributed by atoms with Crippen LogP contribution >= 0.6 is 0 Å². The van der Waals surface area contributed by atoms with Gasteiger partial charge in [0.05, 0.1) is 13.2 Å². The second-order valence-corrected chi connectivity index (χ2v) is 8.92. The Kier molecular flexibility index (Phi) is 5.37. The number of nitrogens with zero attached hydrogens (tertiary/aromatic N) is 2. The van der Waals surface area contributed by atoms with Gasteiger partial charge in [0.25, 0.3) is 0 Å². The van der Waals surface area contributed by atoms with Crippen LogP contribution in [0.25, 0.3) is 10.8 Å². The lowest BCUT2D eigenvalue weighted by Crippen LogP contribution is -2.41. The fourth-order valence-electron chi connectivity index (χ4n) is 2.50. The number of ether oxygens (including phenoxy) is 1. The van der Waals surface area contributed by atoms with E-state index in [-0.39, 0.29) is 11.9 Å². The molecule has 2 aromatic rings. The molecule has 0 bridgehead atoms. The van der Waals surface area contributed by atoms with Crippen LogP contribution in [-0.2, 0) is 11.4 Å². The topological polar surface area (TPSA) is 48.4 Å². The van der Waals surface area contributed by atoms with Crippen LogP contribution in [0.2, 0.25) is 0 Å². The van der Waals surface area contributed by atoms with Gasteiger partial charge in [0.1, 0.15) is 4.75 Å². The molecule has 0 radical (unpaired) electrons. The molecule has 7 heteroatoms. The van der Waals surface area contributed by atoms with E-state index in [4.69, 9.17) is 4.74 Å². The minimum absolute atomic E-state index is 0.222. The van der Waals surface area contributed by atoms with E-state index >= 15 is 0 Å². The van der Waals surface area contributed by atoms with E-state index in [9.17, 15) is 13.3 Å². The fraction of sp³-hybridized carbons (Fsp3) is 0.471. The van der Waals surface area contributed by atoms with Gasteiger partial charge < -0.3 is 9.29 Å². The standard InChI is InChI=1S/C17H22F2N2O2S/c1-10(21(5)24(22)17(2,3)4)13-9-20-16(23-6)12-8-15(19)14(18)7-11(12)13/h7-10H,1-6H3/t10-,24-/m0/s1. The molecule has 0 spiro atoms. The van der Waals surface area contributed by atoms with Crippen molar-refractivity contribution in [1.29, 1.82) is 0 Å². The molecule has 0 amide bonds. The van der Waals surface area contributed by atoms with Gasteiger partial charge in [-0.05, 0) is 45.2 Å². The number of pyridine rings is 1. The Morgan fingerprint density at radius 1 is 1.21 bits per heavy atom. The summed E-state index contributed by atoms with van der Waals surface area (Å²) < 4.78 is 46.4. The van der Waals surface area contributed by atoms with E-state index in [1.807, 2.05) is 27.7 Å². The molecule has 0 saturated carbocycles. The van der Waals surface area contributed by atoms with Crippen molar-refractivity contribution >= 4 is 22.1 Å². The summed E-state index contributed by atoms with van der Waals surface area (Å²) in [4.78, 5) is 4.18. The average Bonchev–Trinajstić information content (AvgIpc) is 2.52.